The Morgan fingerprint density at radius 1 is 1.18 bits per heavy atom. The van der Waals surface area contributed by atoms with E-state index in [-0.39, 0.29) is 10.8 Å². The molecule has 0 radical (unpaired) electrons. The Labute approximate surface area is 107 Å². The predicted octanol–water partition coefficient (Wildman–Crippen LogP) is 5.02. The van der Waals surface area contributed by atoms with Gasteiger partial charge in [0.2, 0.25) is 0 Å². The molecule has 17 heavy (non-hydrogen) atoms. The normalized spacial score (nSPS) is 10.5. The van der Waals surface area contributed by atoms with Crippen LogP contribution >= 0.6 is 11.6 Å². The fraction of sp³-hybridized carbons (Fsp3) is 0.500. The Morgan fingerprint density at radius 2 is 1.88 bits per heavy atom. The van der Waals surface area contributed by atoms with Gasteiger partial charge in [-0.2, -0.15) is 0 Å². The van der Waals surface area contributed by atoms with Crippen LogP contribution in [-0.2, 0) is 0 Å². The molecule has 0 spiro atoms. The first-order chi connectivity index (χ1) is 8.13. The number of benzene rings is 1. The molecule has 1 nitrogen and oxygen atoms in total. The Hall–Kier alpha value is -0.890. The van der Waals surface area contributed by atoms with Gasteiger partial charge in [-0.15, -0.1) is 0 Å². The highest BCUT2D eigenvalue weighted by atomic mass is 35.5. The fourth-order valence-corrected chi connectivity index (χ4v) is 1.97. The lowest BCUT2D eigenvalue weighted by molar-refractivity contribution is 0.0978. The van der Waals surface area contributed by atoms with Gasteiger partial charge in [0.25, 0.3) is 0 Å². The molecule has 0 aliphatic rings. The van der Waals surface area contributed by atoms with Gasteiger partial charge in [0.15, 0.2) is 5.78 Å². The third-order valence-electron chi connectivity index (χ3n) is 2.69. The van der Waals surface area contributed by atoms with Crippen LogP contribution in [0.15, 0.2) is 18.2 Å². The van der Waals surface area contributed by atoms with Gasteiger partial charge in [0.05, 0.1) is 0 Å². The van der Waals surface area contributed by atoms with E-state index in [1.807, 2.05) is 0 Å². The number of carbonyl (C=O) groups is 1. The van der Waals surface area contributed by atoms with Crippen LogP contribution in [0, 0.1) is 5.82 Å². The van der Waals surface area contributed by atoms with Gasteiger partial charge >= 0.3 is 0 Å². The second-order valence-corrected chi connectivity index (χ2v) is 4.68. The van der Waals surface area contributed by atoms with Crippen molar-refractivity contribution < 1.29 is 9.18 Å². The van der Waals surface area contributed by atoms with Crippen molar-refractivity contribution in [3.8, 4) is 0 Å². The highest BCUT2D eigenvalue weighted by Crippen LogP contribution is 2.17. The first kappa shape index (κ1) is 14.2. The minimum absolute atomic E-state index is 0.0251. The summed E-state index contributed by atoms with van der Waals surface area (Å²) in [5.41, 5.74) is 0.380. The van der Waals surface area contributed by atoms with Gasteiger partial charge in [-0.25, -0.2) is 4.39 Å². The average Bonchev–Trinajstić information content (AvgIpc) is 2.27. The molecule has 0 aliphatic carbocycles. The number of hydrogen-bond acceptors (Lipinski definition) is 1. The largest absolute Gasteiger partial charge is 0.294 e. The highest BCUT2D eigenvalue weighted by molar-refractivity contribution is 6.31. The molecule has 0 saturated heterocycles. The lowest BCUT2D eigenvalue weighted by atomic mass is 10.0. The number of carbonyl (C=O) groups excluding carboxylic acids is 1. The molecule has 0 saturated carbocycles. The molecule has 0 amide bonds. The van der Waals surface area contributed by atoms with Crippen LogP contribution in [0.2, 0.25) is 5.02 Å². The summed E-state index contributed by atoms with van der Waals surface area (Å²) in [6.07, 6.45) is 5.96. The number of rotatable bonds is 7. The molecule has 1 rings (SSSR count). The van der Waals surface area contributed by atoms with Crippen molar-refractivity contribution >= 4 is 17.4 Å². The van der Waals surface area contributed by atoms with Crippen LogP contribution in [0.25, 0.3) is 0 Å². The number of hydrogen-bond donors (Lipinski definition) is 0. The highest BCUT2D eigenvalue weighted by Gasteiger charge is 2.08. The van der Waals surface area contributed by atoms with Crippen molar-refractivity contribution in [2.24, 2.45) is 0 Å². The van der Waals surface area contributed by atoms with Gasteiger partial charge in [0, 0.05) is 17.0 Å². The van der Waals surface area contributed by atoms with Crippen molar-refractivity contribution in [3.63, 3.8) is 0 Å². The number of Topliss-reactive ketones (excluding diaryl/α,β-unsaturated/α-hetero) is 1. The van der Waals surface area contributed by atoms with Gasteiger partial charge in [-0.05, 0) is 24.6 Å². The first-order valence-corrected chi connectivity index (χ1v) is 6.50. The van der Waals surface area contributed by atoms with Gasteiger partial charge in [-0.3, -0.25) is 4.79 Å². The number of halogens is 2. The van der Waals surface area contributed by atoms with Crippen LogP contribution in [0.5, 0.6) is 0 Å². The van der Waals surface area contributed by atoms with Gasteiger partial charge < -0.3 is 0 Å². The van der Waals surface area contributed by atoms with Crippen LogP contribution in [0.4, 0.5) is 4.39 Å². The summed E-state index contributed by atoms with van der Waals surface area (Å²) in [7, 11) is 0. The van der Waals surface area contributed by atoms with Crippen LogP contribution in [0.1, 0.15) is 55.8 Å². The standard InChI is InChI=1S/C14H18ClFO/c1-2-3-4-5-6-7-14(17)11-8-12(15)10-13(16)9-11/h8-10H,2-7H2,1H3. The Bertz CT molecular complexity index is 356. The molecular weight excluding hydrogens is 239 g/mol. The molecule has 0 heterocycles. The van der Waals surface area contributed by atoms with E-state index in [9.17, 15) is 9.18 Å². The minimum Gasteiger partial charge on any atom is -0.294 e. The van der Waals surface area contributed by atoms with Crippen LogP contribution in [-0.4, -0.2) is 5.78 Å². The van der Waals surface area contributed by atoms with E-state index in [2.05, 4.69) is 6.92 Å². The van der Waals surface area contributed by atoms with E-state index in [4.69, 9.17) is 11.6 Å². The van der Waals surface area contributed by atoms with Crippen molar-refractivity contribution in [2.45, 2.75) is 45.4 Å². The molecule has 0 atom stereocenters. The van der Waals surface area contributed by atoms with E-state index in [1.165, 1.54) is 31.0 Å². The molecule has 94 valence electrons. The summed E-state index contributed by atoms with van der Waals surface area (Å²) >= 11 is 5.70. The van der Waals surface area contributed by atoms with Crippen molar-refractivity contribution in [2.75, 3.05) is 0 Å². The zero-order valence-electron chi connectivity index (χ0n) is 10.1. The molecule has 0 fully saturated rings. The Kier molecular flexibility index (Phi) is 6.20. The van der Waals surface area contributed by atoms with E-state index in [1.54, 1.807) is 0 Å². The summed E-state index contributed by atoms with van der Waals surface area (Å²) in [6.45, 7) is 2.15. The topological polar surface area (TPSA) is 17.1 Å². The smallest absolute Gasteiger partial charge is 0.163 e. The summed E-state index contributed by atoms with van der Waals surface area (Å²) in [5, 5.41) is 0.277. The maximum atomic E-state index is 13.0. The monoisotopic (exact) mass is 256 g/mol. The summed E-state index contributed by atoms with van der Waals surface area (Å²) in [4.78, 5) is 11.8. The second-order valence-electron chi connectivity index (χ2n) is 4.25. The molecule has 0 N–H and O–H groups in total. The molecule has 0 unspecified atom stereocenters. The molecule has 0 bridgehead atoms. The summed E-state index contributed by atoms with van der Waals surface area (Å²) in [5.74, 6) is -0.477. The maximum absolute atomic E-state index is 13.0. The molecule has 0 aliphatic heterocycles. The summed E-state index contributed by atoms with van der Waals surface area (Å²) < 4.78 is 13.0. The van der Waals surface area contributed by atoms with E-state index in [0.29, 0.717) is 12.0 Å². The van der Waals surface area contributed by atoms with Crippen LogP contribution in [0.3, 0.4) is 0 Å². The number of unbranched alkanes of at least 4 members (excludes halogenated alkanes) is 4. The first-order valence-electron chi connectivity index (χ1n) is 6.12. The average molecular weight is 257 g/mol. The lowest BCUT2D eigenvalue weighted by Gasteiger charge is -2.02. The molecule has 1 aromatic carbocycles. The zero-order chi connectivity index (χ0) is 12.7. The maximum Gasteiger partial charge on any atom is 0.163 e. The SMILES string of the molecule is CCCCCCCC(=O)c1cc(F)cc(Cl)c1. The van der Waals surface area contributed by atoms with Gasteiger partial charge in [-0.1, -0.05) is 44.2 Å². The third kappa shape index (κ3) is 5.31. The minimum atomic E-state index is -0.452. The van der Waals surface area contributed by atoms with Crippen molar-refractivity contribution in [1.82, 2.24) is 0 Å². The quantitative estimate of drug-likeness (QED) is 0.494. The fourth-order valence-electron chi connectivity index (χ4n) is 1.75. The zero-order valence-corrected chi connectivity index (χ0v) is 10.9. The summed E-state index contributed by atoms with van der Waals surface area (Å²) in [6, 6.07) is 3.98. The predicted molar refractivity (Wildman–Crippen MR) is 69.1 cm³/mol. The van der Waals surface area contributed by atoms with Crippen molar-refractivity contribution in [1.29, 1.82) is 0 Å². The van der Waals surface area contributed by atoms with E-state index in [0.717, 1.165) is 19.3 Å². The number of ketones is 1. The van der Waals surface area contributed by atoms with Crippen LogP contribution < -0.4 is 0 Å². The lowest BCUT2D eigenvalue weighted by Crippen LogP contribution is -1.99. The van der Waals surface area contributed by atoms with E-state index >= 15 is 0 Å². The Morgan fingerprint density at radius 3 is 2.53 bits per heavy atom. The second kappa shape index (κ2) is 7.44. The van der Waals surface area contributed by atoms with Gasteiger partial charge in [0.1, 0.15) is 5.82 Å². The van der Waals surface area contributed by atoms with E-state index < -0.39 is 5.82 Å². The Balaban J connectivity index is 2.41. The third-order valence-corrected chi connectivity index (χ3v) is 2.91. The molecule has 0 aromatic heterocycles. The molecule has 1 aromatic rings. The molecule has 3 heteroatoms. The molecular formula is C14H18ClFO. The van der Waals surface area contributed by atoms with Crippen molar-refractivity contribution in [3.05, 3.63) is 34.6 Å².